The Morgan fingerprint density at radius 2 is 2.50 bits per heavy atom. The van der Waals surface area contributed by atoms with Crippen LogP contribution in [-0.4, -0.2) is 28.5 Å². The summed E-state index contributed by atoms with van der Waals surface area (Å²) < 4.78 is 0. The first-order valence-electron chi connectivity index (χ1n) is 5.23. The lowest BCUT2D eigenvalue weighted by Crippen LogP contribution is -2.15. The molecule has 0 unspecified atom stereocenters. The Labute approximate surface area is 119 Å². The van der Waals surface area contributed by atoms with Crippen LogP contribution < -0.4 is 5.32 Å². The Hall–Kier alpha value is -0.730. The van der Waals surface area contributed by atoms with Crippen LogP contribution in [0.3, 0.4) is 0 Å². The lowest BCUT2D eigenvalue weighted by molar-refractivity contribution is -0.403. The van der Waals surface area contributed by atoms with Crippen molar-refractivity contribution in [1.29, 1.82) is 0 Å². The quantitative estimate of drug-likeness (QED) is 0.452. The molecule has 0 radical (unpaired) electrons. The van der Waals surface area contributed by atoms with E-state index in [-0.39, 0.29) is 0 Å². The maximum atomic E-state index is 10.3. The zero-order valence-corrected chi connectivity index (χ0v) is 12.7. The average molecular weight is 305 g/mol. The summed E-state index contributed by atoms with van der Waals surface area (Å²) in [6.07, 6.45) is 2.81. The van der Waals surface area contributed by atoms with Crippen molar-refractivity contribution in [2.75, 3.05) is 18.6 Å². The van der Waals surface area contributed by atoms with Crippen LogP contribution in [0.5, 0.6) is 0 Å². The van der Waals surface area contributed by atoms with Crippen molar-refractivity contribution < 1.29 is 4.92 Å². The predicted octanol–water partition coefficient (Wildman–Crippen LogP) is 2.71. The van der Waals surface area contributed by atoms with Crippen molar-refractivity contribution in [3.63, 3.8) is 0 Å². The highest BCUT2D eigenvalue weighted by Gasteiger charge is 2.01. The third-order valence-electron chi connectivity index (χ3n) is 1.88. The van der Waals surface area contributed by atoms with Gasteiger partial charge in [-0.3, -0.25) is 10.1 Å². The summed E-state index contributed by atoms with van der Waals surface area (Å²) in [5.41, 5.74) is 1.06. The molecule has 1 aromatic heterocycles. The third-order valence-corrected chi connectivity index (χ3v) is 4.69. The van der Waals surface area contributed by atoms with E-state index in [1.165, 1.54) is 11.8 Å². The number of aryl methyl sites for hydroxylation is 1. The highest BCUT2D eigenvalue weighted by Crippen LogP contribution is 2.16. The lowest BCUT2D eigenvalue weighted by Gasteiger charge is -2.05. The molecule has 0 saturated carbocycles. The highest BCUT2D eigenvalue weighted by molar-refractivity contribution is 8.02. The smallest absolute Gasteiger partial charge is 0.263 e. The van der Waals surface area contributed by atoms with Crippen molar-refractivity contribution in [1.82, 2.24) is 10.3 Å². The molecule has 1 N–H and O–H groups in total. The van der Waals surface area contributed by atoms with E-state index >= 15 is 0 Å². The monoisotopic (exact) mass is 305 g/mol. The Kier molecular flexibility index (Phi) is 7.14. The molecule has 0 aromatic carbocycles. The van der Waals surface area contributed by atoms with Crippen molar-refractivity contribution in [2.24, 2.45) is 0 Å². The number of aromatic nitrogens is 1. The molecule has 0 aliphatic rings. The fraction of sp³-hybridized carbons (Fsp3) is 0.500. The van der Waals surface area contributed by atoms with Gasteiger partial charge in [-0.25, -0.2) is 4.98 Å². The molecule has 0 amide bonds. The van der Waals surface area contributed by atoms with Gasteiger partial charge in [0.25, 0.3) is 6.20 Å². The van der Waals surface area contributed by atoms with E-state index in [2.05, 4.69) is 10.3 Å². The van der Waals surface area contributed by atoms with Crippen molar-refractivity contribution >= 4 is 34.9 Å². The van der Waals surface area contributed by atoms with Crippen LogP contribution in [0.2, 0.25) is 0 Å². The summed E-state index contributed by atoms with van der Waals surface area (Å²) >= 11 is 4.78. The normalized spacial score (nSPS) is 11.6. The van der Waals surface area contributed by atoms with Gasteiger partial charge in [-0.1, -0.05) is 0 Å². The summed E-state index contributed by atoms with van der Waals surface area (Å²) in [6.45, 7) is 2.70. The molecular weight excluding hydrogens is 290 g/mol. The topological polar surface area (TPSA) is 68.1 Å². The van der Waals surface area contributed by atoms with Gasteiger partial charge in [0.05, 0.1) is 4.92 Å². The number of nitro groups is 1. The van der Waals surface area contributed by atoms with Crippen molar-refractivity contribution in [3.8, 4) is 0 Å². The summed E-state index contributed by atoms with van der Waals surface area (Å²) in [6, 6.07) is 0. The number of nitrogens with one attached hydrogen (secondary N) is 1. The van der Waals surface area contributed by atoms with Crippen LogP contribution in [0.15, 0.2) is 16.6 Å². The van der Waals surface area contributed by atoms with E-state index in [0.29, 0.717) is 5.03 Å². The molecule has 0 aliphatic carbocycles. The zero-order chi connectivity index (χ0) is 13.4. The van der Waals surface area contributed by atoms with Crippen LogP contribution in [-0.2, 0) is 5.75 Å². The van der Waals surface area contributed by atoms with Gasteiger partial charge in [0.15, 0.2) is 0 Å². The molecular formula is C10H15N3O2S3. The minimum atomic E-state index is -0.440. The number of thiazole rings is 1. The van der Waals surface area contributed by atoms with E-state index in [1.807, 2.05) is 18.6 Å². The van der Waals surface area contributed by atoms with Crippen LogP contribution >= 0.6 is 34.9 Å². The molecule has 0 fully saturated rings. The molecule has 18 heavy (non-hydrogen) atoms. The van der Waals surface area contributed by atoms with E-state index in [0.717, 1.165) is 35.0 Å². The number of hydrogen-bond donors (Lipinski definition) is 1. The van der Waals surface area contributed by atoms with Crippen molar-refractivity contribution in [2.45, 2.75) is 12.7 Å². The molecule has 100 valence electrons. The standard InChI is InChI=1S/C10H15N3O2S3/c1-8-6-18-10(12-8)7-17-4-3-11-9(16-2)5-13(14)15/h5-6,11H,3-4,7H2,1-2H3. The minimum Gasteiger partial charge on any atom is -0.374 e. The van der Waals surface area contributed by atoms with E-state index < -0.39 is 4.92 Å². The number of hydrogen-bond acceptors (Lipinski definition) is 7. The second kappa shape index (κ2) is 8.39. The third kappa shape index (κ3) is 6.27. The molecule has 8 heteroatoms. The number of rotatable bonds is 8. The molecule has 5 nitrogen and oxygen atoms in total. The SMILES string of the molecule is CSC(=C[N+](=O)[O-])NCCSCc1nc(C)cs1. The summed E-state index contributed by atoms with van der Waals surface area (Å²) in [7, 11) is 0. The van der Waals surface area contributed by atoms with Gasteiger partial charge in [0.1, 0.15) is 10.0 Å². The molecule has 1 aromatic rings. The molecule has 0 aliphatic heterocycles. The highest BCUT2D eigenvalue weighted by atomic mass is 32.2. The molecule has 0 bridgehead atoms. The van der Waals surface area contributed by atoms with Gasteiger partial charge in [0, 0.05) is 29.1 Å². The Morgan fingerprint density at radius 1 is 1.72 bits per heavy atom. The first-order chi connectivity index (χ1) is 8.61. The number of thioether (sulfide) groups is 2. The van der Waals surface area contributed by atoms with Crippen LogP contribution in [0.4, 0.5) is 0 Å². The predicted molar refractivity (Wildman–Crippen MR) is 79.6 cm³/mol. The van der Waals surface area contributed by atoms with Gasteiger partial charge >= 0.3 is 0 Å². The van der Waals surface area contributed by atoms with Gasteiger partial charge in [-0.2, -0.15) is 11.8 Å². The fourth-order valence-electron chi connectivity index (χ4n) is 1.14. The Morgan fingerprint density at radius 3 is 3.06 bits per heavy atom. The number of nitrogens with zero attached hydrogens (tertiary/aromatic N) is 2. The second-order valence-corrected chi connectivity index (χ2v) is 6.24. The van der Waals surface area contributed by atoms with E-state index in [9.17, 15) is 10.1 Å². The van der Waals surface area contributed by atoms with Crippen molar-refractivity contribution in [3.05, 3.63) is 37.4 Å². The van der Waals surface area contributed by atoms with Gasteiger partial charge in [-0.15, -0.1) is 23.1 Å². The van der Waals surface area contributed by atoms with Crippen LogP contribution in [0.1, 0.15) is 10.7 Å². The van der Waals surface area contributed by atoms with Gasteiger partial charge in [0.2, 0.25) is 0 Å². The molecule has 1 rings (SSSR count). The average Bonchev–Trinajstić information content (AvgIpc) is 2.72. The summed E-state index contributed by atoms with van der Waals surface area (Å²) in [5, 5.41) is 17.1. The largest absolute Gasteiger partial charge is 0.374 e. The lowest BCUT2D eigenvalue weighted by atomic mass is 10.6. The molecule has 1 heterocycles. The molecule has 0 atom stereocenters. The van der Waals surface area contributed by atoms with Crippen LogP contribution in [0, 0.1) is 17.0 Å². The maximum absolute atomic E-state index is 10.3. The van der Waals surface area contributed by atoms with Gasteiger partial charge in [-0.05, 0) is 13.2 Å². The Bertz CT molecular complexity index is 420. The van der Waals surface area contributed by atoms with Crippen LogP contribution in [0.25, 0.3) is 0 Å². The second-order valence-electron chi connectivity index (χ2n) is 3.34. The van der Waals surface area contributed by atoms with E-state index in [4.69, 9.17) is 0 Å². The zero-order valence-electron chi connectivity index (χ0n) is 10.2. The van der Waals surface area contributed by atoms with E-state index in [1.54, 1.807) is 23.1 Å². The molecule has 0 saturated heterocycles. The Balaban J connectivity index is 2.16. The summed E-state index contributed by atoms with van der Waals surface area (Å²) in [5.74, 6) is 1.79. The first kappa shape index (κ1) is 15.3. The summed E-state index contributed by atoms with van der Waals surface area (Å²) in [4.78, 5) is 14.2. The minimum absolute atomic E-state index is 0.440. The first-order valence-corrected chi connectivity index (χ1v) is 8.49. The fourth-order valence-corrected chi connectivity index (χ4v) is 3.29. The van der Waals surface area contributed by atoms with Gasteiger partial charge < -0.3 is 5.32 Å². The maximum Gasteiger partial charge on any atom is 0.263 e. The molecule has 0 spiro atoms.